The first kappa shape index (κ1) is 9.66. The second-order valence-corrected chi connectivity index (χ2v) is 4.38. The molecule has 1 N–H and O–H groups in total. The van der Waals surface area contributed by atoms with E-state index in [2.05, 4.69) is 37.2 Å². The van der Waals surface area contributed by atoms with Gasteiger partial charge in [0, 0.05) is 24.2 Å². The number of rotatable bonds is 0. The predicted molar refractivity (Wildman–Crippen MR) is 62.4 cm³/mol. The van der Waals surface area contributed by atoms with E-state index in [0.717, 1.165) is 10.7 Å². The van der Waals surface area contributed by atoms with Crippen LogP contribution in [0.15, 0.2) is 18.2 Å². The van der Waals surface area contributed by atoms with Gasteiger partial charge in [-0.3, -0.25) is 0 Å². The van der Waals surface area contributed by atoms with Crippen molar-refractivity contribution >= 4 is 23.0 Å². The van der Waals surface area contributed by atoms with E-state index < -0.39 is 0 Å². The summed E-state index contributed by atoms with van der Waals surface area (Å²) in [5, 5.41) is 4.24. The maximum Gasteiger partial charge on any atom is 0.0603 e. The van der Waals surface area contributed by atoms with Crippen molar-refractivity contribution in [2.75, 3.05) is 17.3 Å². The Bertz CT molecular complexity index is 351. The number of anilines is 2. The molecule has 1 aliphatic rings. The van der Waals surface area contributed by atoms with Crippen LogP contribution < -0.4 is 10.2 Å². The maximum absolute atomic E-state index is 5.95. The van der Waals surface area contributed by atoms with E-state index in [1.165, 1.54) is 5.69 Å². The molecule has 1 aliphatic heterocycles. The van der Waals surface area contributed by atoms with Crippen molar-refractivity contribution in [3.05, 3.63) is 23.2 Å². The molecule has 0 spiro atoms. The molecule has 0 fully saturated rings. The van der Waals surface area contributed by atoms with Gasteiger partial charge in [0.15, 0.2) is 0 Å². The number of benzene rings is 1. The van der Waals surface area contributed by atoms with Crippen LogP contribution in [-0.2, 0) is 0 Å². The average Bonchev–Trinajstić information content (AvgIpc) is 2.14. The first-order valence-electron chi connectivity index (χ1n) is 4.88. The number of fused-ring (bicyclic) bond motifs is 1. The van der Waals surface area contributed by atoms with Crippen molar-refractivity contribution in [3.8, 4) is 0 Å². The smallest absolute Gasteiger partial charge is 0.0603 e. The van der Waals surface area contributed by atoms with Gasteiger partial charge in [-0.25, -0.2) is 0 Å². The number of hydrogen-bond acceptors (Lipinski definition) is 2. The molecule has 0 radical (unpaired) electrons. The summed E-state index contributed by atoms with van der Waals surface area (Å²) < 4.78 is 0. The van der Waals surface area contributed by atoms with E-state index in [-0.39, 0.29) is 0 Å². The van der Waals surface area contributed by atoms with Crippen LogP contribution in [0.4, 0.5) is 11.4 Å². The Morgan fingerprint density at radius 2 is 2.07 bits per heavy atom. The van der Waals surface area contributed by atoms with Crippen LogP contribution in [0, 0.1) is 0 Å². The van der Waals surface area contributed by atoms with Gasteiger partial charge in [-0.15, -0.1) is 0 Å². The second kappa shape index (κ2) is 3.35. The molecule has 1 heterocycles. The van der Waals surface area contributed by atoms with Crippen molar-refractivity contribution in [2.24, 2.45) is 0 Å². The summed E-state index contributed by atoms with van der Waals surface area (Å²) in [7, 11) is 2.12. The normalized spacial score (nSPS) is 25.6. The Hall–Kier alpha value is -0.890. The summed E-state index contributed by atoms with van der Waals surface area (Å²) in [6, 6.07) is 6.93. The highest BCUT2D eigenvalue weighted by Crippen LogP contribution is 2.34. The lowest BCUT2D eigenvalue weighted by molar-refractivity contribution is 0.587. The zero-order chi connectivity index (χ0) is 10.3. The van der Waals surface area contributed by atoms with Crippen molar-refractivity contribution in [2.45, 2.75) is 25.9 Å². The highest BCUT2D eigenvalue weighted by Gasteiger charge is 2.25. The summed E-state index contributed by atoms with van der Waals surface area (Å²) in [4.78, 5) is 2.28. The summed E-state index contributed by atoms with van der Waals surface area (Å²) in [5.41, 5.74) is 2.35. The average molecular weight is 211 g/mol. The summed E-state index contributed by atoms with van der Waals surface area (Å²) in [5.74, 6) is 0. The van der Waals surface area contributed by atoms with Crippen LogP contribution in [0.25, 0.3) is 0 Å². The highest BCUT2D eigenvalue weighted by atomic mass is 35.5. The molecule has 1 aromatic carbocycles. The maximum atomic E-state index is 5.95. The lowest BCUT2D eigenvalue weighted by Crippen LogP contribution is -2.45. The molecule has 0 amide bonds. The number of nitrogens with zero attached hydrogens (tertiary/aromatic N) is 1. The molecule has 0 bridgehead atoms. The third kappa shape index (κ3) is 1.44. The molecule has 1 aromatic rings. The zero-order valence-corrected chi connectivity index (χ0v) is 9.47. The number of likely N-dealkylation sites (N-methyl/N-ethyl adjacent to an activating group) is 1. The number of halogens is 1. The largest absolute Gasteiger partial charge is 0.379 e. The van der Waals surface area contributed by atoms with Crippen LogP contribution in [0.3, 0.4) is 0 Å². The van der Waals surface area contributed by atoms with Gasteiger partial charge in [-0.1, -0.05) is 11.6 Å². The first-order chi connectivity index (χ1) is 6.59. The van der Waals surface area contributed by atoms with Gasteiger partial charge in [-0.2, -0.15) is 0 Å². The molecule has 0 aliphatic carbocycles. The van der Waals surface area contributed by atoms with Crippen LogP contribution in [0.1, 0.15) is 13.8 Å². The van der Waals surface area contributed by atoms with Gasteiger partial charge in [0.25, 0.3) is 0 Å². The molecular weight excluding hydrogens is 196 g/mol. The highest BCUT2D eigenvalue weighted by molar-refractivity contribution is 6.31. The lowest BCUT2D eigenvalue weighted by atomic mass is 10.0. The Morgan fingerprint density at radius 1 is 1.36 bits per heavy atom. The minimum absolute atomic E-state index is 0.450. The molecule has 0 saturated carbocycles. The van der Waals surface area contributed by atoms with Gasteiger partial charge < -0.3 is 10.2 Å². The van der Waals surface area contributed by atoms with Gasteiger partial charge in [0.2, 0.25) is 0 Å². The standard InChI is InChI=1S/C11H15ClN2/c1-7-8(2)14(3)11-5-4-9(12)6-10(11)13-7/h4-8,13H,1-3H3. The minimum Gasteiger partial charge on any atom is -0.379 e. The molecule has 2 rings (SSSR count). The number of nitrogens with one attached hydrogen (secondary N) is 1. The molecule has 0 saturated heterocycles. The molecule has 0 aromatic heterocycles. The van der Waals surface area contributed by atoms with E-state index in [1.54, 1.807) is 0 Å². The van der Waals surface area contributed by atoms with Crippen molar-refractivity contribution in [1.82, 2.24) is 0 Å². The van der Waals surface area contributed by atoms with E-state index in [0.29, 0.717) is 12.1 Å². The lowest BCUT2D eigenvalue weighted by Gasteiger charge is -2.39. The molecular formula is C11H15ClN2. The third-order valence-corrected chi connectivity index (χ3v) is 3.29. The van der Waals surface area contributed by atoms with E-state index in [4.69, 9.17) is 11.6 Å². The van der Waals surface area contributed by atoms with Crippen molar-refractivity contribution < 1.29 is 0 Å². The predicted octanol–water partition coefficient (Wildman–Crippen LogP) is 2.98. The van der Waals surface area contributed by atoms with E-state index in [1.807, 2.05) is 12.1 Å². The van der Waals surface area contributed by atoms with Gasteiger partial charge >= 0.3 is 0 Å². The topological polar surface area (TPSA) is 15.3 Å². The van der Waals surface area contributed by atoms with Crippen LogP contribution in [0.2, 0.25) is 5.02 Å². The Labute approximate surface area is 89.9 Å². The molecule has 14 heavy (non-hydrogen) atoms. The second-order valence-electron chi connectivity index (χ2n) is 3.95. The van der Waals surface area contributed by atoms with Crippen LogP contribution in [0.5, 0.6) is 0 Å². The Morgan fingerprint density at radius 3 is 2.79 bits per heavy atom. The zero-order valence-electron chi connectivity index (χ0n) is 8.71. The number of hydrogen-bond donors (Lipinski definition) is 1. The quantitative estimate of drug-likeness (QED) is 0.708. The monoisotopic (exact) mass is 210 g/mol. The molecule has 2 nitrogen and oxygen atoms in total. The summed E-state index contributed by atoms with van der Waals surface area (Å²) in [6.07, 6.45) is 0. The first-order valence-corrected chi connectivity index (χ1v) is 5.26. The van der Waals surface area contributed by atoms with E-state index in [9.17, 15) is 0 Å². The van der Waals surface area contributed by atoms with Crippen LogP contribution >= 0.6 is 11.6 Å². The fraction of sp³-hybridized carbons (Fsp3) is 0.455. The summed E-state index contributed by atoms with van der Waals surface area (Å²) >= 11 is 5.95. The molecule has 76 valence electrons. The molecule has 3 heteroatoms. The Kier molecular flexibility index (Phi) is 2.31. The third-order valence-electron chi connectivity index (χ3n) is 3.06. The fourth-order valence-corrected chi connectivity index (χ4v) is 2.02. The summed E-state index contributed by atoms with van der Waals surface area (Å²) in [6.45, 7) is 4.40. The van der Waals surface area contributed by atoms with Crippen molar-refractivity contribution in [3.63, 3.8) is 0 Å². The minimum atomic E-state index is 0.450. The van der Waals surface area contributed by atoms with Gasteiger partial charge in [0.1, 0.15) is 0 Å². The SMILES string of the molecule is CC1Nc2cc(Cl)ccc2N(C)C1C. The molecule has 2 atom stereocenters. The molecule has 2 unspecified atom stereocenters. The fourth-order valence-electron chi connectivity index (χ4n) is 1.85. The van der Waals surface area contributed by atoms with Crippen LogP contribution in [-0.4, -0.2) is 19.1 Å². The Balaban J connectivity index is 2.45. The van der Waals surface area contributed by atoms with Crippen molar-refractivity contribution in [1.29, 1.82) is 0 Å². The van der Waals surface area contributed by atoms with E-state index >= 15 is 0 Å². The van der Waals surface area contributed by atoms with Gasteiger partial charge in [0.05, 0.1) is 11.4 Å². The van der Waals surface area contributed by atoms with Gasteiger partial charge in [-0.05, 0) is 32.0 Å².